The highest BCUT2D eigenvalue weighted by atomic mass is 16.4. The van der Waals surface area contributed by atoms with Gasteiger partial charge in [-0.15, -0.1) is 0 Å². The molecular formula is C23H18NO2-. The van der Waals surface area contributed by atoms with Crippen molar-refractivity contribution in [3.8, 4) is 0 Å². The van der Waals surface area contributed by atoms with Gasteiger partial charge < -0.3 is 15.2 Å². The number of carbonyl (C=O) groups excluding carboxylic acids is 1. The number of fused-ring (bicyclic) bond motifs is 4. The first-order chi connectivity index (χ1) is 12.7. The normalized spacial score (nSPS) is 23.3. The molecule has 3 aromatic rings. The third-order valence-electron chi connectivity index (χ3n) is 5.78. The van der Waals surface area contributed by atoms with Gasteiger partial charge in [0.05, 0.1) is 12.0 Å². The third-order valence-corrected chi connectivity index (χ3v) is 5.78. The zero-order valence-electron chi connectivity index (χ0n) is 14.2. The van der Waals surface area contributed by atoms with Crippen molar-refractivity contribution in [1.29, 1.82) is 0 Å². The third kappa shape index (κ3) is 2.17. The maximum Gasteiger partial charge on any atom is 0.0736 e. The predicted molar refractivity (Wildman–Crippen MR) is 101 cm³/mol. The van der Waals surface area contributed by atoms with Crippen molar-refractivity contribution in [2.24, 2.45) is 5.92 Å². The van der Waals surface area contributed by atoms with Gasteiger partial charge in [-0.1, -0.05) is 72.8 Å². The van der Waals surface area contributed by atoms with E-state index in [0.717, 1.165) is 12.0 Å². The van der Waals surface area contributed by atoms with Gasteiger partial charge in [-0.3, -0.25) is 0 Å². The Labute approximate surface area is 152 Å². The summed E-state index contributed by atoms with van der Waals surface area (Å²) < 4.78 is 0. The number of hydrogen-bond acceptors (Lipinski definition) is 3. The lowest BCUT2D eigenvalue weighted by atomic mass is 9.75. The Kier molecular flexibility index (Phi) is 3.35. The number of carboxylic acid groups (broad SMARTS) is 1. The summed E-state index contributed by atoms with van der Waals surface area (Å²) in [6, 6.07) is 20.2. The van der Waals surface area contributed by atoms with Gasteiger partial charge in [0.25, 0.3) is 0 Å². The summed E-state index contributed by atoms with van der Waals surface area (Å²) in [5.41, 5.74) is 3.23. The van der Waals surface area contributed by atoms with Crippen molar-refractivity contribution in [3.05, 3.63) is 89.5 Å². The number of aromatic carboxylic acids is 1. The maximum atomic E-state index is 11.7. The smallest absolute Gasteiger partial charge is 0.0736 e. The minimum atomic E-state index is -1.13. The molecule has 0 saturated carbocycles. The second kappa shape index (κ2) is 5.73. The average molecular weight is 340 g/mol. The van der Waals surface area contributed by atoms with Gasteiger partial charge >= 0.3 is 0 Å². The molecule has 0 bridgehead atoms. The topological polar surface area (TPSA) is 52.2 Å². The Bertz CT molecular complexity index is 1050. The molecule has 1 heterocycles. The van der Waals surface area contributed by atoms with Crippen molar-refractivity contribution >= 4 is 22.4 Å². The summed E-state index contributed by atoms with van der Waals surface area (Å²) in [6.45, 7) is 0. The van der Waals surface area contributed by atoms with Crippen molar-refractivity contribution in [1.82, 2.24) is 0 Å². The number of carboxylic acids is 1. The fraction of sp³-hybridized carbons (Fsp3) is 0.174. The molecule has 3 nitrogen and oxygen atoms in total. The first kappa shape index (κ1) is 15.2. The number of allylic oxidation sites excluding steroid dienone is 2. The number of hydrogen-bond donors (Lipinski definition) is 1. The molecule has 26 heavy (non-hydrogen) atoms. The predicted octanol–water partition coefficient (Wildman–Crippen LogP) is 4.03. The Morgan fingerprint density at radius 2 is 1.73 bits per heavy atom. The van der Waals surface area contributed by atoms with Gasteiger partial charge in [-0.05, 0) is 34.2 Å². The first-order valence-electron chi connectivity index (χ1n) is 8.99. The van der Waals surface area contributed by atoms with Gasteiger partial charge in [-0.2, -0.15) is 0 Å². The monoisotopic (exact) mass is 340 g/mol. The summed E-state index contributed by atoms with van der Waals surface area (Å²) in [6.07, 6.45) is 5.43. The molecule has 0 amide bonds. The molecule has 0 radical (unpaired) electrons. The van der Waals surface area contributed by atoms with Crippen molar-refractivity contribution in [3.63, 3.8) is 0 Å². The van der Waals surface area contributed by atoms with Crippen LogP contribution in [0.25, 0.3) is 10.8 Å². The highest BCUT2D eigenvalue weighted by Crippen LogP contribution is 2.51. The molecule has 3 heteroatoms. The molecule has 2 aliphatic rings. The first-order valence-corrected chi connectivity index (χ1v) is 8.99. The maximum absolute atomic E-state index is 11.7. The molecule has 3 atom stereocenters. The number of para-hydroxylation sites is 1. The van der Waals surface area contributed by atoms with Gasteiger partial charge in [0.2, 0.25) is 0 Å². The molecule has 128 valence electrons. The fourth-order valence-corrected chi connectivity index (χ4v) is 4.62. The number of anilines is 1. The van der Waals surface area contributed by atoms with E-state index >= 15 is 0 Å². The largest absolute Gasteiger partial charge is 0.545 e. The van der Waals surface area contributed by atoms with E-state index in [1.807, 2.05) is 18.2 Å². The molecule has 1 aliphatic carbocycles. The second-order valence-corrected chi connectivity index (χ2v) is 7.10. The summed E-state index contributed by atoms with van der Waals surface area (Å²) in [5, 5.41) is 17.6. The lowest BCUT2D eigenvalue weighted by Crippen LogP contribution is -2.32. The van der Waals surface area contributed by atoms with Crippen LogP contribution in [0.3, 0.4) is 0 Å². The Morgan fingerprint density at radius 3 is 2.62 bits per heavy atom. The highest BCUT2D eigenvalue weighted by Gasteiger charge is 2.39. The standard InChI is InChI=1S/C23H19NO2/c25-23(26)20-13-5-12-19-16-9-4-11-18(16)21(24-22(19)20)17-10-3-7-14-6-1-2-8-15(14)17/h1-10,12-13,16,18,21,24H,11H2,(H,25,26)/p-1. The van der Waals surface area contributed by atoms with E-state index in [1.165, 1.54) is 16.3 Å². The Hall–Kier alpha value is -3.07. The second-order valence-electron chi connectivity index (χ2n) is 7.10. The molecule has 3 aromatic carbocycles. The van der Waals surface area contributed by atoms with Crippen LogP contribution in [0, 0.1) is 5.92 Å². The molecule has 0 spiro atoms. The highest BCUT2D eigenvalue weighted by molar-refractivity contribution is 5.95. The Morgan fingerprint density at radius 1 is 0.962 bits per heavy atom. The molecule has 0 saturated heterocycles. The van der Waals surface area contributed by atoms with Gasteiger partial charge in [0, 0.05) is 17.2 Å². The van der Waals surface area contributed by atoms with Crippen LogP contribution in [0.15, 0.2) is 72.8 Å². The van der Waals surface area contributed by atoms with Crippen molar-refractivity contribution in [2.75, 3.05) is 5.32 Å². The van der Waals surface area contributed by atoms with Crippen LogP contribution in [0.2, 0.25) is 0 Å². The van der Waals surface area contributed by atoms with Crippen LogP contribution >= 0.6 is 0 Å². The SMILES string of the molecule is O=C([O-])c1cccc2c1NC(c1cccc3ccccc13)C1CC=CC21. The van der Waals surface area contributed by atoms with Crippen LogP contribution in [0.1, 0.15) is 39.9 Å². The van der Waals surface area contributed by atoms with Gasteiger partial charge in [-0.25, -0.2) is 0 Å². The molecule has 5 rings (SSSR count). The minimum Gasteiger partial charge on any atom is -0.545 e. The van der Waals surface area contributed by atoms with E-state index < -0.39 is 5.97 Å². The van der Waals surface area contributed by atoms with E-state index in [0.29, 0.717) is 11.6 Å². The number of rotatable bonds is 2. The summed E-state index contributed by atoms with van der Waals surface area (Å²) in [7, 11) is 0. The molecule has 1 N–H and O–H groups in total. The van der Waals surface area contributed by atoms with E-state index in [1.54, 1.807) is 6.07 Å². The molecule has 0 fully saturated rings. The molecule has 1 aliphatic heterocycles. The lowest BCUT2D eigenvalue weighted by molar-refractivity contribution is -0.254. The zero-order chi connectivity index (χ0) is 17.7. The van der Waals surface area contributed by atoms with E-state index in [2.05, 4.69) is 53.9 Å². The fourth-order valence-electron chi connectivity index (χ4n) is 4.62. The van der Waals surface area contributed by atoms with Crippen molar-refractivity contribution < 1.29 is 9.90 Å². The van der Waals surface area contributed by atoms with E-state index in [4.69, 9.17) is 0 Å². The zero-order valence-corrected chi connectivity index (χ0v) is 14.2. The number of carbonyl (C=O) groups is 1. The number of nitrogens with one attached hydrogen (secondary N) is 1. The van der Waals surface area contributed by atoms with Crippen molar-refractivity contribution in [2.45, 2.75) is 18.4 Å². The summed E-state index contributed by atoms with van der Waals surface area (Å²) >= 11 is 0. The quantitative estimate of drug-likeness (QED) is 0.717. The van der Waals surface area contributed by atoms with Gasteiger partial charge in [0.1, 0.15) is 0 Å². The molecular weight excluding hydrogens is 322 g/mol. The number of benzene rings is 3. The average Bonchev–Trinajstić information content (AvgIpc) is 3.16. The molecule has 3 unspecified atom stereocenters. The van der Waals surface area contributed by atoms with Gasteiger partial charge in [0.15, 0.2) is 0 Å². The summed E-state index contributed by atoms with van der Waals surface area (Å²) in [4.78, 5) is 11.7. The van der Waals surface area contributed by atoms with Crippen LogP contribution in [-0.4, -0.2) is 5.97 Å². The lowest BCUT2D eigenvalue weighted by Gasteiger charge is -2.39. The van der Waals surface area contributed by atoms with Crippen LogP contribution < -0.4 is 10.4 Å². The minimum absolute atomic E-state index is 0.0640. The van der Waals surface area contributed by atoms with Crippen LogP contribution in [-0.2, 0) is 0 Å². The molecule has 0 aromatic heterocycles. The Balaban J connectivity index is 1.71. The van der Waals surface area contributed by atoms with Crippen LogP contribution in [0.4, 0.5) is 5.69 Å². The van der Waals surface area contributed by atoms with Crippen LogP contribution in [0.5, 0.6) is 0 Å². The van der Waals surface area contributed by atoms with E-state index in [-0.39, 0.29) is 17.5 Å². The summed E-state index contributed by atoms with van der Waals surface area (Å²) in [5.74, 6) is -0.522. The van der Waals surface area contributed by atoms with E-state index in [9.17, 15) is 9.90 Å².